The van der Waals surface area contributed by atoms with Gasteiger partial charge in [0.05, 0.1) is 16.8 Å². The van der Waals surface area contributed by atoms with Crippen molar-refractivity contribution in [2.75, 3.05) is 0 Å². The highest BCUT2D eigenvalue weighted by atomic mass is 19.1. The molecule has 0 radical (unpaired) electrons. The maximum absolute atomic E-state index is 13.7. The summed E-state index contributed by atoms with van der Waals surface area (Å²) < 4.78 is 15.3. The molecule has 0 fully saturated rings. The van der Waals surface area contributed by atoms with Crippen molar-refractivity contribution in [3.63, 3.8) is 0 Å². The number of aromatic carboxylic acids is 1. The van der Waals surface area contributed by atoms with Gasteiger partial charge in [-0.3, -0.25) is 4.57 Å². The summed E-state index contributed by atoms with van der Waals surface area (Å²) in [5.74, 6) is -1.49. The van der Waals surface area contributed by atoms with Crippen LogP contribution in [0.25, 0.3) is 28.3 Å². The number of nitrogens with zero attached hydrogens (tertiary/aromatic N) is 2. The molecule has 3 aromatic carbocycles. The molecule has 0 aliphatic rings. The zero-order valence-electron chi connectivity index (χ0n) is 15.0. The average molecular weight is 390 g/mol. The Morgan fingerprint density at radius 1 is 0.897 bits per heavy atom. The normalized spacial score (nSPS) is 10.8. The van der Waals surface area contributed by atoms with Gasteiger partial charge in [0.1, 0.15) is 23.1 Å². The molecule has 0 atom stereocenters. The standard InChI is InChI=1S/C22H15FN2O4/c23-14-8-9-20(27)17(11-14)18-12-25(15-5-3-4-13(10-15)22(28)29)21(24-18)16-6-1-2-7-19(16)26/h1-12,26-27H,(H,28,29). The van der Waals surface area contributed by atoms with E-state index in [2.05, 4.69) is 4.98 Å². The van der Waals surface area contributed by atoms with Crippen molar-refractivity contribution in [2.45, 2.75) is 0 Å². The maximum Gasteiger partial charge on any atom is 0.335 e. The van der Waals surface area contributed by atoms with Crippen LogP contribution in [-0.2, 0) is 0 Å². The first-order valence-corrected chi connectivity index (χ1v) is 8.64. The first-order chi connectivity index (χ1) is 13.9. The third-order valence-corrected chi connectivity index (χ3v) is 4.46. The van der Waals surface area contributed by atoms with Crippen LogP contribution in [0.3, 0.4) is 0 Å². The number of phenolic OH excluding ortho intramolecular Hbond substituents is 2. The highest BCUT2D eigenvalue weighted by Crippen LogP contribution is 2.35. The van der Waals surface area contributed by atoms with Gasteiger partial charge in [0, 0.05) is 17.4 Å². The Balaban J connectivity index is 1.98. The van der Waals surface area contributed by atoms with Crippen molar-refractivity contribution in [3.05, 3.63) is 84.3 Å². The molecule has 4 aromatic rings. The Labute approximate surface area is 164 Å². The number of halogens is 1. The SMILES string of the molecule is O=C(O)c1cccc(-n2cc(-c3cc(F)ccc3O)nc2-c2ccccc2O)c1. The fraction of sp³-hybridized carbons (Fsp3) is 0. The number of phenols is 2. The molecule has 0 saturated heterocycles. The summed E-state index contributed by atoms with van der Waals surface area (Å²) in [6.45, 7) is 0. The van der Waals surface area contributed by atoms with Crippen LogP contribution in [0.4, 0.5) is 4.39 Å². The zero-order valence-corrected chi connectivity index (χ0v) is 15.0. The molecular weight excluding hydrogens is 375 g/mol. The largest absolute Gasteiger partial charge is 0.507 e. The highest BCUT2D eigenvalue weighted by molar-refractivity contribution is 5.88. The van der Waals surface area contributed by atoms with Crippen LogP contribution < -0.4 is 0 Å². The molecule has 1 aromatic heterocycles. The second kappa shape index (κ2) is 7.12. The molecule has 0 bridgehead atoms. The molecule has 1 heterocycles. The van der Waals surface area contributed by atoms with Crippen LogP contribution in [-0.4, -0.2) is 30.8 Å². The molecule has 0 amide bonds. The minimum Gasteiger partial charge on any atom is -0.507 e. The van der Waals surface area contributed by atoms with E-state index in [-0.39, 0.29) is 28.3 Å². The number of aromatic nitrogens is 2. The van der Waals surface area contributed by atoms with E-state index in [0.29, 0.717) is 17.1 Å². The van der Waals surface area contributed by atoms with E-state index >= 15 is 0 Å². The van der Waals surface area contributed by atoms with Gasteiger partial charge in [-0.15, -0.1) is 0 Å². The molecule has 0 aliphatic carbocycles. The molecule has 0 spiro atoms. The molecule has 7 heteroatoms. The number of carboxylic acid groups (broad SMARTS) is 1. The maximum atomic E-state index is 13.7. The number of benzene rings is 3. The summed E-state index contributed by atoms with van der Waals surface area (Å²) in [5.41, 5.74) is 1.40. The number of carbonyl (C=O) groups is 1. The van der Waals surface area contributed by atoms with E-state index in [1.165, 1.54) is 24.3 Å². The highest BCUT2D eigenvalue weighted by Gasteiger charge is 2.18. The summed E-state index contributed by atoms with van der Waals surface area (Å²) in [5, 5.41) is 29.8. The van der Waals surface area contributed by atoms with Gasteiger partial charge in [-0.05, 0) is 48.5 Å². The van der Waals surface area contributed by atoms with Gasteiger partial charge in [0.15, 0.2) is 0 Å². The Morgan fingerprint density at radius 3 is 2.41 bits per heavy atom. The van der Waals surface area contributed by atoms with E-state index < -0.39 is 11.8 Å². The summed E-state index contributed by atoms with van der Waals surface area (Å²) in [4.78, 5) is 15.9. The first kappa shape index (κ1) is 18.2. The Bertz CT molecular complexity index is 1230. The molecule has 4 rings (SSSR count). The summed E-state index contributed by atoms with van der Waals surface area (Å²) in [6.07, 6.45) is 1.55. The van der Waals surface area contributed by atoms with Gasteiger partial charge in [-0.2, -0.15) is 0 Å². The predicted molar refractivity (Wildman–Crippen MR) is 105 cm³/mol. The lowest BCUT2D eigenvalue weighted by Crippen LogP contribution is -2.00. The summed E-state index contributed by atoms with van der Waals surface area (Å²) in [6, 6.07) is 16.3. The van der Waals surface area contributed by atoms with Crippen molar-refractivity contribution in [2.24, 2.45) is 0 Å². The third kappa shape index (κ3) is 3.41. The number of para-hydroxylation sites is 1. The number of rotatable bonds is 4. The van der Waals surface area contributed by atoms with E-state index in [1.807, 2.05) is 0 Å². The smallest absolute Gasteiger partial charge is 0.335 e. The molecule has 0 saturated carbocycles. The topological polar surface area (TPSA) is 95.6 Å². The van der Waals surface area contributed by atoms with E-state index in [9.17, 15) is 24.5 Å². The van der Waals surface area contributed by atoms with Crippen LogP contribution in [0, 0.1) is 5.82 Å². The summed E-state index contributed by atoms with van der Waals surface area (Å²) >= 11 is 0. The zero-order chi connectivity index (χ0) is 20.5. The molecule has 144 valence electrons. The van der Waals surface area contributed by atoms with Crippen LogP contribution in [0.5, 0.6) is 11.5 Å². The van der Waals surface area contributed by atoms with Crippen LogP contribution >= 0.6 is 0 Å². The molecule has 6 nitrogen and oxygen atoms in total. The second-order valence-electron chi connectivity index (χ2n) is 6.35. The predicted octanol–water partition coefficient (Wildman–Crippen LogP) is 4.45. The minimum atomic E-state index is -1.08. The van der Waals surface area contributed by atoms with Gasteiger partial charge in [0.2, 0.25) is 0 Å². The lowest BCUT2D eigenvalue weighted by Gasteiger charge is -2.09. The third-order valence-electron chi connectivity index (χ3n) is 4.46. The number of hydrogen-bond acceptors (Lipinski definition) is 4. The lowest BCUT2D eigenvalue weighted by molar-refractivity contribution is 0.0697. The minimum absolute atomic E-state index is 0.0243. The van der Waals surface area contributed by atoms with Gasteiger partial charge in [-0.25, -0.2) is 14.2 Å². The van der Waals surface area contributed by atoms with Gasteiger partial charge in [-0.1, -0.05) is 18.2 Å². The van der Waals surface area contributed by atoms with Gasteiger partial charge >= 0.3 is 5.97 Å². The molecule has 0 aliphatic heterocycles. The first-order valence-electron chi connectivity index (χ1n) is 8.64. The van der Waals surface area contributed by atoms with Gasteiger partial charge < -0.3 is 15.3 Å². The Kier molecular flexibility index (Phi) is 4.48. The van der Waals surface area contributed by atoms with Crippen molar-refractivity contribution >= 4 is 5.97 Å². The van der Waals surface area contributed by atoms with E-state index in [1.54, 1.807) is 41.1 Å². The fourth-order valence-corrected chi connectivity index (χ4v) is 3.06. The molecule has 3 N–H and O–H groups in total. The molecular formula is C22H15FN2O4. The van der Waals surface area contributed by atoms with Crippen molar-refractivity contribution in [3.8, 4) is 39.8 Å². The summed E-state index contributed by atoms with van der Waals surface area (Å²) in [7, 11) is 0. The molecule has 0 unspecified atom stereocenters. The lowest BCUT2D eigenvalue weighted by atomic mass is 10.1. The number of carboxylic acids is 1. The van der Waals surface area contributed by atoms with E-state index in [4.69, 9.17) is 0 Å². The van der Waals surface area contributed by atoms with E-state index in [0.717, 1.165) is 12.1 Å². The van der Waals surface area contributed by atoms with Crippen molar-refractivity contribution < 1.29 is 24.5 Å². The average Bonchev–Trinajstić information content (AvgIpc) is 3.15. The second-order valence-corrected chi connectivity index (χ2v) is 6.35. The molecule has 29 heavy (non-hydrogen) atoms. The number of hydrogen-bond donors (Lipinski definition) is 3. The Morgan fingerprint density at radius 2 is 1.66 bits per heavy atom. The van der Waals surface area contributed by atoms with Crippen LogP contribution in [0.2, 0.25) is 0 Å². The van der Waals surface area contributed by atoms with Crippen LogP contribution in [0.1, 0.15) is 10.4 Å². The number of aromatic hydroxyl groups is 2. The van der Waals surface area contributed by atoms with Gasteiger partial charge in [0.25, 0.3) is 0 Å². The van der Waals surface area contributed by atoms with Crippen LogP contribution in [0.15, 0.2) is 72.9 Å². The Hall–Kier alpha value is -4.13. The van der Waals surface area contributed by atoms with Crippen molar-refractivity contribution in [1.82, 2.24) is 9.55 Å². The number of imidazole rings is 1. The quantitative estimate of drug-likeness (QED) is 0.478. The van der Waals surface area contributed by atoms with Crippen molar-refractivity contribution in [1.29, 1.82) is 0 Å². The monoisotopic (exact) mass is 390 g/mol. The fourth-order valence-electron chi connectivity index (χ4n) is 3.06.